The fraction of sp³-hybridized carbons (Fsp3) is 0. The van der Waals surface area contributed by atoms with Crippen molar-refractivity contribution >= 4 is 15.6 Å². The molecule has 12 heteroatoms. The third-order valence-electron chi connectivity index (χ3n) is 0. The molecule has 0 unspecified atom stereocenters. The van der Waals surface area contributed by atoms with Gasteiger partial charge in [-0.3, -0.25) is 4.57 Å². The Labute approximate surface area is 90.4 Å². The van der Waals surface area contributed by atoms with Crippen LogP contribution in [0.25, 0.3) is 0 Å². The Bertz CT molecular complexity index is 129. The Hall–Kier alpha value is 1.35. The summed E-state index contributed by atoms with van der Waals surface area (Å²) in [5, 5.41) is 0. The van der Waals surface area contributed by atoms with Gasteiger partial charge in [0.15, 0.2) is 0 Å². The van der Waals surface area contributed by atoms with Gasteiger partial charge in [0.05, 0.1) is 0 Å². The fourth-order valence-electron chi connectivity index (χ4n) is 0. The first kappa shape index (κ1) is 23.3. The van der Waals surface area contributed by atoms with Crippen molar-refractivity contribution in [3.8, 4) is 0 Å². The van der Waals surface area contributed by atoms with E-state index in [0.29, 0.717) is 0 Å². The predicted octanol–water partition coefficient (Wildman–Crippen LogP) is -4.39. The van der Waals surface area contributed by atoms with E-state index in [1.165, 1.54) is 0 Å². The minimum Gasteiger partial charge on any atom is -0.822 e. The van der Waals surface area contributed by atoms with E-state index in [1.54, 1.807) is 0 Å². The third kappa shape index (κ3) is 667. The summed E-state index contributed by atoms with van der Waals surface area (Å²) < 4.78 is 17.3. The molecule has 0 aromatic carbocycles. The molecule has 0 amide bonds. The van der Waals surface area contributed by atoms with Crippen LogP contribution in [0, 0.1) is 0 Å². The van der Waals surface area contributed by atoms with Gasteiger partial charge in [0, 0.05) is 0 Å². The first-order chi connectivity index (χ1) is 4.00. The molecule has 0 heterocycles. The van der Waals surface area contributed by atoms with Crippen LogP contribution in [0.5, 0.6) is 0 Å². The van der Waals surface area contributed by atoms with Crippen LogP contribution in [0.1, 0.15) is 0 Å². The van der Waals surface area contributed by atoms with Crippen LogP contribution in [-0.2, 0) is 45.4 Å². The molecule has 2 N–H and O–H groups in total. The summed E-state index contributed by atoms with van der Waals surface area (Å²) in [4.78, 5) is 48.6. The Morgan fingerprint density at radius 2 is 0.917 bits per heavy atom. The van der Waals surface area contributed by atoms with E-state index < -0.39 is 15.6 Å². The van der Waals surface area contributed by atoms with Crippen LogP contribution in [0.2, 0.25) is 0 Å². The van der Waals surface area contributed by atoms with Gasteiger partial charge in [-0.05, 0) is 0 Å². The molecule has 0 aliphatic heterocycles. The Balaban J connectivity index is -0.0000000457. The molecule has 1 radical (unpaired) electrons. The molecule has 0 saturated carbocycles. The summed E-state index contributed by atoms with van der Waals surface area (Å²) in [5.41, 5.74) is 0. The molecule has 0 spiro atoms. The first-order valence-electron chi connectivity index (χ1n) is 1.50. The van der Waals surface area contributed by atoms with E-state index in [4.69, 9.17) is 38.5 Å². The smallest absolute Gasteiger partial charge is 0.822 e. The van der Waals surface area contributed by atoms with Crippen molar-refractivity contribution in [1.82, 2.24) is 0 Å². The molecule has 71 valence electrons. The van der Waals surface area contributed by atoms with Crippen molar-refractivity contribution in [3.63, 3.8) is 0 Å². The number of hydrogen-bond acceptors (Lipinski definition) is 6. The fourth-order valence-corrected chi connectivity index (χ4v) is 0. The quantitative estimate of drug-likeness (QED) is 0.333. The average Bonchev–Trinajstić information content (AvgIpc) is 1.12. The Kier molecular flexibility index (Phi) is 17.3. The van der Waals surface area contributed by atoms with Crippen molar-refractivity contribution in [2.75, 3.05) is 0 Å². The van der Waals surface area contributed by atoms with Gasteiger partial charge in [0.1, 0.15) is 0 Å². The standard InChI is InChI=1S/Co.2H3O4P.Zn/c;2*1-5(2,3)4;/h;2*(H3,1,2,3,4);/q+2;;;+2/p-4. The van der Waals surface area contributed by atoms with E-state index in [1.807, 2.05) is 0 Å². The summed E-state index contributed by atoms with van der Waals surface area (Å²) in [6.45, 7) is 0. The Morgan fingerprint density at radius 1 is 0.917 bits per heavy atom. The van der Waals surface area contributed by atoms with E-state index in [9.17, 15) is 0 Å². The molecule has 12 heavy (non-hydrogen) atoms. The summed E-state index contributed by atoms with van der Waals surface area (Å²) >= 11 is 0. The van der Waals surface area contributed by atoms with Crippen molar-refractivity contribution in [3.05, 3.63) is 0 Å². The van der Waals surface area contributed by atoms with E-state index in [-0.39, 0.29) is 36.3 Å². The van der Waals surface area contributed by atoms with Gasteiger partial charge in [-0.2, -0.15) is 7.82 Å². The van der Waals surface area contributed by atoms with Crippen LogP contribution in [0.3, 0.4) is 0 Å². The monoisotopic (exact) mass is 315 g/mol. The molecule has 8 nitrogen and oxygen atoms in total. The molecule has 0 bridgehead atoms. The van der Waals surface area contributed by atoms with E-state index in [2.05, 4.69) is 0 Å². The molecule has 0 aliphatic carbocycles. The molecule has 0 fully saturated rings. The second kappa shape index (κ2) is 8.93. The average molecular weight is 316 g/mol. The van der Waals surface area contributed by atoms with Crippen LogP contribution >= 0.6 is 15.6 Å². The van der Waals surface area contributed by atoms with E-state index >= 15 is 0 Å². The van der Waals surface area contributed by atoms with Crippen LogP contribution in [0.15, 0.2) is 0 Å². The minimum atomic E-state index is -5.39. The van der Waals surface area contributed by atoms with E-state index in [0.717, 1.165) is 0 Å². The normalized spacial score (nSPS) is 9.83. The zero-order valence-corrected chi connectivity index (χ0v) is 11.1. The second-order valence-corrected chi connectivity index (χ2v) is 2.81. The molecule has 0 aromatic heterocycles. The zero-order chi connectivity index (χ0) is 9.00. The van der Waals surface area contributed by atoms with Crippen molar-refractivity contribution < 1.29 is 74.7 Å². The maximum absolute atomic E-state index is 8.77. The van der Waals surface area contributed by atoms with Crippen molar-refractivity contribution in [2.24, 2.45) is 0 Å². The largest absolute Gasteiger partial charge is 2.00 e. The first-order valence-corrected chi connectivity index (χ1v) is 4.49. The topological polar surface area (TPSA) is 167 Å². The van der Waals surface area contributed by atoms with Gasteiger partial charge >= 0.3 is 36.3 Å². The van der Waals surface area contributed by atoms with Gasteiger partial charge < -0.3 is 33.9 Å². The number of hydrogen-bond donors (Lipinski definition) is 2. The Morgan fingerprint density at radius 3 is 0.917 bits per heavy atom. The van der Waals surface area contributed by atoms with Gasteiger partial charge in [-0.25, -0.2) is 0 Å². The van der Waals surface area contributed by atoms with Crippen LogP contribution in [-0.4, -0.2) is 9.79 Å². The van der Waals surface area contributed by atoms with Crippen molar-refractivity contribution in [1.29, 1.82) is 0 Å². The van der Waals surface area contributed by atoms with Gasteiger partial charge in [0.25, 0.3) is 7.82 Å². The minimum absolute atomic E-state index is 0. The molecular formula is H2CoO8P2Zn. The number of rotatable bonds is 0. The van der Waals surface area contributed by atoms with Crippen LogP contribution < -0.4 is 19.6 Å². The molecular weight excluding hydrogens is 314 g/mol. The molecule has 0 aromatic rings. The molecule has 0 saturated heterocycles. The molecule has 0 aliphatic rings. The maximum atomic E-state index is 8.77. The zero-order valence-electron chi connectivity index (χ0n) is 5.28. The van der Waals surface area contributed by atoms with Gasteiger partial charge in [0.2, 0.25) is 0 Å². The summed E-state index contributed by atoms with van der Waals surface area (Å²) in [6.07, 6.45) is 0. The third-order valence-corrected chi connectivity index (χ3v) is 0. The van der Waals surface area contributed by atoms with Gasteiger partial charge in [-0.1, -0.05) is 0 Å². The SMILES string of the molecule is O=P([O-])(O)O.O=P([O-])([O-])[O-].[Co+2].[Zn+2]. The molecule has 0 rings (SSSR count). The second-order valence-electron chi connectivity index (χ2n) is 0.938. The van der Waals surface area contributed by atoms with Crippen LogP contribution in [0.4, 0.5) is 0 Å². The van der Waals surface area contributed by atoms with Gasteiger partial charge in [-0.15, -0.1) is 0 Å². The number of phosphoric acid groups is 2. The van der Waals surface area contributed by atoms with Crippen molar-refractivity contribution in [2.45, 2.75) is 0 Å². The predicted molar refractivity (Wildman–Crippen MR) is 19.7 cm³/mol. The summed E-state index contributed by atoms with van der Waals surface area (Å²) in [6, 6.07) is 0. The summed E-state index contributed by atoms with van der Waals surface area (Å²) in [7, 11) is -10.3. The summed E-state index contributed by atoms with van der Waals surface area (Å²) in [5.74, 6) is 0. The molecule has 0 atom stereocenters. The maximum Gasteiger partial charge on any atom is 2.00 e.